The van der Waals surface area contributed by atoms with Gasteiger partial charge in [-0.15, -0.1) is 0 Å². The molecule has 0 spiro atoms. The molecule has 0 saturated carbocycles. The highest BCUT2D eigenvalue weighted by Crippen LogP contribution is 2.10. The number of hydrogen-bond acceptors (Lipinski definition) is 5. The number of aliphatic imine (C=N–C) groups is 1. The number of likely N-dealkylation sites (N-methyl/N-ethyl adjacent to an activating group) is 1. The van der Waals surface area contributed by atoms with Crippen LogP contribution in [0, 0.1) is 0 Å². The Morgan fingerprint density at radius 3 is 2.50 bits per heavy atom. The summed E-state index contributed by atoms with van der Waals surface area (Å²) < 4.78 is 35.4. The molecule has 0 aliphatic rings. The Morgan fingerprint density at radius 2 is 2.10 bits per heavy atom. The highest BCUT2D eigenvalue weighted by atomic mass is 35.5. The van der Waals surface area contributed by atoms with Gasteiger partial charge >= 0.3 is 0 Å². The fourth-order valence-corrected chi connectivity index (χ4v) is 2.26. The molecule has 0 N–H and O–H groups in total. The van der Waals surface area contributed by atoms with Crippen molar-refractivity contribution in [2.75, 3.05) is 27.8 Å². The first kappa shape index (κ1) is 19.1. The van der Waals surface area contributed by atoms with Crippen LogP contribution < -0.4 is 0 Å². The Hall–Kier alpha value is -0.890. The van der Waals surface area contributed by atoms with E-state index >= 15 is 0 Å². The van der Waals surface area contributed by atoms with Crippen molar-refractivity contribution < 1.29 is 17.9 Å². The topological polar surface area (TPSA) is 68.2 Å². The third-order valence-electron chi connectivity index (χ3n) is 2.47. The summed E-state index contributed by atoms with van der Waals surface area (Å²) in [6.07, 6.45) is 1.75. The Morgan fingerprint density at radius 1 is 1.50 bits per heavy atom. The molecule has 0 aliphatic heterocycles. The van der Waals surface area contributed by atoms with Gasteiger partial charge in [-0.2, -0.15) is 4.31 Å². The second-order valence-electron chi connectivity index (χ2n) is 3.96. The summed E-state index contributed by atoms with van der Waals surface area (Å²) in [5.41, 5.74) is 0. The molecule has 1 atom stereocenters. The van der Waals surface area contributed by atoms with Gasteiger partial charge in [-0.05, 0) is 6.42 Å². The SMILES string of the molecule is C=C(Cl)C=N/C(=C/S(=O)(=O)N(C)C[C@H](CC)OC)OC. The minimum atomic E-state index is -3.65. The lowest BCUT2D eigenvalue weighted by atomic mass is 10.3. The Labute approximate surface area is 125 Å². The van der Waals surface area contributed by atoms with Crippen LogP contribution in [0.15, 0.2) is 27.9 Å². The fourth-order valence-electron chi connectivity index (χ4n) is 1.24. The summed E-state index contributed by atoms with van der Waals surface area (Å²) in [4.78, 5) is 3.77. The number of ether oxygens (including phenoxy) is 2. The van der Waals surface area contributed by atoms with Gasteiger partial charge in [-0.1, -0.05) is 25.1 Å². The number of nitrogens with zero attached hydrogens (tertiary/aromatic N) is 2. The van der Waals surface area contributed by atoms with Gasteiger partial charge in [0.05, 0.1) is 18.2 Å². The molecular weight excluding hydrogens is 304 g/mol. The minimum Gasteiger partial charge on any atom is -0.480 e. The largest absolute Gasteiger partial charge is 0.480 e. The highest BCUT2D eigenvalue weighted by Gasteiger charge is 2.20. The van der Waals surface area contributed by atoms with Crippen molar-refractivity contribution >= 4 is 27.8 Å². The van der Waals surface area contributed by atoms with Crippen LogP contribution in [0.1, 0.15) is 13.3 Å². The Bertz CT molecular complexity index is 470. The molecule has 0 amide bonds. The van der Waals surface area contributed by atoms with E-state index in [0.717, 1.165) is 5.41 Å². The molecule has 116 valence electrons. The predicted molar refractivity (Wildman–Crippen MR) is 81.2 cm³/mol. The highest BCUT2D eigenvalue weighted by molar-refractivity contribution is 7.92. The van der Waals surface area contributed by atoms with Gasteiger partial charge in [0.1, 0.15) is 5.41 Å². The van der Waals surface area contributed by atoms with E-state index in [9.17, 15) is 8.42 Å². The van der Waals surface area contributed by atoms with E-state index in [2.05, 4.69) is 11.6 Å². The molecule has 8 heteroatoms. The molecule has 0 aromatic rings. The molecule has 0 heterocycles. The third-order valence-corrected chi connectivity index (χ3v) is 4.09. The molecule has 0 aliphatic carbocycles. The zero-order valence-electron chi connectivity index (χ0n) is 12.2. The summed E-state index contributed by atoms with van der Waals surface area (Å²) in [6.45, 7) is 5.57. The first-order chi connectivity index (χ1) is 9.26. The Balaban J connectivity index is 5.05. The van der Waals surface area contributed by atoms with Crippen molar-refractivity contribution in [3.8, 4) is 0 Å². The van der Waals surface area contributed by atoms with Crippen molar-refractivity contribution in [2.24, 2.45) is 4.99 Å². The fraction of sp³-hybridized carbons (Fsp3) is 0.583. The molecule has 0 saturated heterocycles. The molecule has 0 aromatic heterocycles. The molecule has 0 radical (unpaired) electrons. The lowest BCUT2D eigenvalue weighted by Crippen LogP contribution is -2.34. The zero-order valence-corrected chi connectivity index (χ0v) is 13.7. The van der Waals surface area contributed by atoms with E-state index in [0.29, 0.717) is 6.42 Å². The summed E-state index contributed by atoms with van der Waals surface area (Å²) >= 11 is 5.52. The molecule has 0 bridgehead atoms. The van der Waals surface area contributed by atoms with Crippen molar-refractivity contribution in [1.29, 1.82) is 0 Å². The maximum atomic E-state index is 12.1. The molecule has 0 fully saturated rings. The number of methoxy groups -OCH3 is 2. The van der Waals surface area contributed by atoms with Crippen LogP contribution in [0.2, 0.25) is 0 Å². The average Bonchev–Trinajstić information content (AvgIpc) is 2.39. The van der Waals surface area contributed by atoms with E-state index in [1.807, 2.05) is 6.92 Å². The lowest BCUT2D eigenvalue weighted by molar-refractivity contribution is 0.0862. The number of allylic oxidation sites excluding steroid dienone is 1. The van der Waals surface area contributed by atoms with Crippen LogP contribution in [-0.2, 0) is 19.5 Å². The third kappa shape index (κ3) is 7.04. The summed E-state index contributed by atoms with van der Waals surface area (Å²) in [5.74, 6) is -0.0795. The second-order valence-corrected chi connectivity index (χ2v) is 6.33. The van der Waals surface area contributed by atoms with Gasteiger partial charge in [0.15, 0.2) is 0 Å². The minimum absolute atomic E-state index is 0.0795. The van der Waals surface area contributed by atoms with Crippen molar-refractivity contribution in [3.05, 3.63) is 22.9 Å². The van der Waals surface area contributed by atoms with Crippen LogP contribution in [0.5, 0.6) is 0 Å². The van der Waals surface area contributed by atoms with Gasteiger partial charge in [0, 0.05) is 26.9 Å². The smallest absolute Gasteiger partial charge is 0.241 e. The zero-order chi connectivity index (χ0) is 15.8. The van der Waals surface area contributed by atoms with Crippen LogP contribution in [0.3, 0.4) is 0 Å². The molecule has 0 rings (SSSR count). The van der Waals surface area contributed by atoms with Crippen LogP contribution >= 0.6 is 11.6 Å². The molecule has 0 aromatic carbocycles. The van der Waals surface area contributed by atoms with Crippen molar-refractivity contribution in [3.63, 3.8) is 0 Å². The molecular formula is C12H21ClN2O4S. The van der Waals surface area contributed by atoms with E-state index in [1.165, 1.54) is 24.7 Å². The Kier molecular flexibility index (Phi) is 8.71. The van der Waals surface area contributed by atoms with Crippen molar-refractivity contribution in [2.45, 2.75) is 19.4 Å². The molecule has 6 nitrogen and oxygen atoms in total. The van der Waals surface area contributed by atoms with E-state index in [4.69, 9.17) is 21.1 Å². The lowest BCUT2D eigenvalue weighted by Gasteiger charge is -2.20. The quantitative estimate of drug-likeness (QED) is 0.480. The molecule has 0 unspecified atom stereocenters. The second kappa shape index (κ2) is 9.12. The predicted octanol–water partition coefficient (Wildman–Crippen LogP) is 1.94. The first-order valence-electron chi connectivity index (χ1n) is 5.90. The number of halogens is 1. The number of hydrogen-bond donors (Lipinski definition) is 0. The average molecular weight is 325 g/mol. The standard InChI is InChI=1S/C12H21ClN2O4S/c1-6-11(18-4)8-15(3)20(16,17)9-12(19-5)14-7-10(2)13/h7,9,11H,2,6,8H2,1,3-5H3/b12-9-,14-7?/t11-/m0/s1. The number of sulfonamides is 1. The van der Waals surface area contributed by atoms with Crippen molar-refractivity contribution in [1.82, 2.24) is 4.31 Å². The summed E-state index contributed by atoms with van der Waals surface area (Å²) in [6, 6.07) is 0. The van der Waals surface area contributed by atoms with Gasteiger partial charge < -0.3 is 9.47 Å². The first-order valence-corrected chi connectivity index (χ1v) is 7.78. The van der Waals surface area contributed by atoms with E-state index in [-0.39, 0.29) is 23.6 Å². The van der Waals surface area contributed by atoms with Gasteiger partial charge in [0.25, 0.3) is 0 Å². The van der Waals surface area contributed by atoms with Crippen LogP contribution in [0.25, 0.3) is 0 Å². The van der Waals surface area contributed by atoms with Gasteiger partial charge in [-0.25, -0.2) is 13.4 Å². The van der Waals surface area contributed by atoms with Crippen LogP contribution in [-0.4, -0.2) is 52.9 Å². The summed E-state index contributed by atoms with van der Waals surface area (Å²) in [5, 5.41) is 1.09. The monoisotopic (exact) mass is 324 g/mol. The van der Waals surface area contributed by atoms with Crippen LogP contribution in [0.4, 0.5) is 0 Å². The van der Waals surface area contributed by atoms with E-state index in [1.54, 1.807) is 7.11 Å². The van der Waals surface area contributed by atoms with Gasteiger partial charge in [-0.3, -0.25) is 0 Å². The molecule has 20 heavy (non-hydrogen) atoms. The number of rotatable bonds is 9. The normalized spacial score (nSPS) is 14.8. The summed E-state index contributed by atoms with van der Waals surface area (Å²) in [7, 11) is 0.671. The maximum Gasteiger partial charge on any atom is 0.241 e. The van der Waals surface area contributed by atoms with E-state index < -0.39 is 10.0 Å². The maximum absolute atomic E-state index is 12.1. The van der Waals surface area contributed by atoms with Gasteiger partial charge in [0.2, 0.25) is 15.9 Å².